The molecule has 3 aliphatic rings. The number of nitro benzene ring substituents is 1. The Hall–Kier alpha value is -4.11. The number of hydrogen-bond donors (Lipinski definition) is 0. The predicted octanol–water partition coefficient (Wildman–Crippen LogP) is 8.16. The van der Waals surface area contributed by atoms with Crippen molar-refractivity contribution >= 4 is 57.3 Å². The van der Waals surface area contributed by atoms with Crippen LogP contribution in [0.25, 0.3) is 6.08 Å². The Labute approximate surface area is 257 Å². The minimum Gasteiger partial charge on any atom is -0.368 e. The number of nitro groups is 1. The fourth-order valence-corrected chi connectivity index (χ4v) is 7.33. The van der Waals surface area contributed by atoms with Gasteiger partial charge in [0, 0.05) is 42.5 Å². The number of thioether (sulfide) groups is 1. The number of carbonyl (C=O) groups excluding carboxylic acids is 1. The molecule has 6 rings (SSSR count). The Bertz CT molecular complexity index is 1560. The minimum absolute atomic E-state index is 0.0857. The van der Waals surface area contributed by atoms with Crippen molar-refractivity contribution in [2.45, 2.75) is 64.5 Å². The molecule has 3 heterocycles. The van der Waals surface area contributed by atoms with Crippen LogP contribution in [-0.2, 0) is 4.79 Å². The first-order valence-electron chi connectivity index (χ1n) is 15.2. The van der Waals surface area contributed by atoms with E-state index in [9.17, 15) is 14.9 Å². The normalized spacial score (nSPS) is 22.9. The predicted molar refractivity (Wildman–Crippen MR) is 177 cm³/mol. The maximum Gasteiger partial charge on any atom is 0.293 e. The number of nitrogens with zero attached hydrogens (tertiary/aromatic N) is 5. The van der Waals surface area contributed by atoms with Gasteiger partial charge in [0.05, 0.1) is 21.2 Å². The van der Waals surface area contributed by atoms with Crippen LogP contribution in [0.5, 0.6) is 0 Å². The van der Waals surface area contributed by atoms with E-state index in [0.29, 0.717) is 27.4 Å². The van der Waals surface area contributed by atoms with Crippen molar-refractivity contribution in [2.75, 3.05) is 27.8 Å². The summed E-state index contributed by atoms with van der Waals surface area (Å²) in [5.41, 5.74) is 3.88. The average molecular weight is 596 g/mol. The van der Waals surface area contributed by atoms with Gasteiger partial charge in [0.25, 0.3) is 11.6 Å². The zero-order chi connectivity index (χ0) is 29.9. The van der Waals surface area contributed by atoms with Gasteiger partial charge in [0.1, 0.15) is 5.69 Å². The van der Waals surface area contributed by atoms with Crippen LogP contribution in [0.15, 0.2) is 82.7 Å². The highest BCUT2D eigenvalue weighted by atomic mass is 32.2. The molecule has 3 aromatic carbocycles. The van der Waals surface area contributed by atoms with E-state index in [1.807, 2.05) is 72.8 Å². The van der Waals surface area contributed by atoms with Crippen molar-refractivity contribution in [3.05, 3.63) is 93.4 Å². The first-order valence-corrected chi connectivity index (χ1v) is 16.0. The van der Waals surface area contributed by atoms with E-state index in [1.54, 1.807) is 11.0 Å². The number of hydrogen-bond acceptors (Lipinski definition) is 7. The Morgan fingerprint density at radius 1 is 0.860 bits per heavy atom. The summed E-state index contributed by atoms with van der Waals surface area (Å²) in [5, 5.41) is 13.1. The first-order chi connectivity index (χ1) is 20.9. The highest BCUT2D eigenvalue weighted by Crippen LogP contribution is 2.43. The van der Waals surface area contributed by atoms with E-state index in [2.05, 4.69) is 23.6 Å². The monoisotopic (exact) mass is 595 g/mol. The fourth-order valence-electron chi connectivity index (χ4n) is 6.34. The molecule has 9 heteroatoms. The quantitative estimate of drug-likeness (QED) is 0.162. The second-order valence-electron chi connectivity index (χ2n) is 11.5. The summed E-state index contributed by atoms with van der Waals surface area (Å²) in [6.07, 6.45) is 8.30. The van der Waals surface area contributed by atoms with E-state index in [1.165, 1.54) is 11.8 Å². The van der Waals surface area contributed by atoms with Crippen LogP contribution in [0.2, 0.25) is 0 Å². The molecule has 0 aliphatic carbocycles. The first kappa shape index (κ1) is 29.0. The number of amides is 1. The van der Waals surface area contributed by atoms with E-state index >= 15 is 0 Å². The minimum atomic E-state index is -0.274. The molecule has 3 aliphatic heterocycles. The summed E-state index contributed by atoms with van der Waals surface area (Å²) < 4.78 is 0. The molecule has 0 radical (unpaired) electrons. The van der Waals surface area contributed by atoms with Gasteiger partial charge in [0.15, 0.2) is 5.17 Å². The summed E-state index contributed by atoms with van der Waals surface area (Å²) in [6, 6.07) is 23.3. The van der Waals surface area contributed by atoms with Crippen LogP contribution in [0, 0.1) is 10.1 Å². The third kappa shape index (κ3) is 6.04. The fraction of sp³-hybridized carbons (Fsp3) is 0.353. The standard InChI is InChI=1S/C34H37N5O3S/c1-24-13-9-11-19-36(24)29-23-30(37-20-12-10-14-25(37)2)31(39(41)42)21-26(29)22-32-33(40)38(28-17-7-4-8-18-28)34(43-32)35-27-15-5-3-6-16-27/h3-8,15-18,21-25H,9-14,19-20H2,1-2H3/b32-22-,35-34?/t24-,25-/m1/s1. The van der Waals surface area contributed by atoms with E-state index in [-0.39, 0.29) is 22.6 Å². The number of aliphatic imine (C=N–C) groups is 1. The number of amidine groups is 1. The van der Waals surface area contributed by atoms with Crippen LogP contribution in [0.3, 0.4) is 0 Å². The third-order valence-corrected chi connectivity index (χ3v) is 9.60. The highest BCUT2D eigenvalue weighted by Gasteiger charge is 2.36. The Morgan fingerprint density at radius 3 is 2.07 bits per heavy atom. The van der Waals surface area contributed by atoms with E-state index in [4.69, 9.17) is 4.99 Å². The summed E-state index contributed by atoms with van der Waals surface area (Å²) in [6.45, 7) is 6.05. The lowest BCUT2D eigenvalue weighted by atomic mass is 9.98. The maximum absolute atomic E-state index is 14.0. The molecule has 1 amide bonds. The molecular formula is C34H37N5O3S. The summed E-state index contributed by atoms with van der Waals surface area (Å²) >= 11 is 1.30. The van der Waals surface area contributed by atoms with Gasteiger partial charge in [-0.05, 0) is 101 Å². The largest absolute Gasteiger partial charge is 0.368 e. The molecule has 0 aromatic heterocycles. The Kier molecular flexibility index (Phi) is 8.51. The molecular weight excluding hydrogens is 558 g/mol. The van der Waals surface area contributed by atoms with Crippen LogP contribution in [-0.4, -0.2) is 41.2 Å². The van der Waals surface area contributed by atoms with Crippen LogP contribution in [0.4, 0.5) is 28.4 Å². The van der Waals surface area contributed by atoms with Crippen molar-refractivity contribution in [3.63, 3.8) is 0 Å². The summed E-state index contributed by atoms with van der Waals surface area (Å²) in [4.78, 5) is 37.8. The van der Waals surface area contributed by atoms with Gasteiger partial charge in [-0.15, -0.1) is 0 Å². The second kappa shape index (κ2) is 12.6. The molecule has 3 aromatic rings. The van der Waals surface area contributed by atoms with Crippen molar-refractivity contribution < 1.29 is 9.72 Å². The number of benzene rings is 3. The molecule has 8 nitrogen and oxygen atoms in total. The molecule has 3 saturated heterocycles. The number of anilines is 3. The van der Waals surface area contributed by atoms with Gasteiger partial charge in [-0.1, -0.05) is 36.4 Å². The lowest BCUT2D eigenvalue weighted by Crippen LogP contribution is -2.39. The molecule has 0 N–H and O–H groups in total. The summed E-state index contributed by atoms with van der Waals surface area (Å²) in [7, 11) is 0. The van der Waals surface area contributed by atoms with Crippen molar-refractivity contribution in [1.29, 1.82) is 0 Å². The zero-order valence-electron chi connectivity index (χ0n) is 24.7. The Morgan fingerprint density at radius 2 is 1.47 bits per heavy atom. The summed E-state index contributed by atoms with van der Waals surface area (Å²) in [5.74, 6) is -0.195. The number of rotatable bonds is 6. The third-order valence-electron chi connectivity index (χ3n) is 8.63. The van der Waals surface area contributed by atoms with Gasteiger partial charge < -0.3 is 9.80 Å². The second-order valence-corrected chi connectivity index (χ2v) is 12.6. The van der Waals surface area contributed by atoms with Crippen molar-refractivity contribution in [2.24, 2.45) is 4.99 Å². The molecule has 222 valence electrons. The van der Waals surface area contributed by atoms with Gasteiger partial charge in [-0.25, -0.2) is 4.99 Å². The molecule has 0 saturated carbocycles. The van der Waals surface area contributed by atoms with Crippen LogP contribution in [0.1, 0.15) is 57.9 Å². The van der Waals surface area contributed by atoms with Gasteiger partial charge in [0.2, 0.25) is 0 Å². The van der Waals surface area contributed by atoms with Crippen molar-refractivity contribution in [1.82, 2.24) is 0 Å². The molecule has 2 atom stereocenters. The lowest BCUT2D eigenvalue weighted by Gasteiger charge is -2.39. The Balaban J connectivity index is 1.49. The zero-order valence-corrected chi connectivity index (χ0v) is 25.5. The number of piperidine rings is 2. The topological polar surface area (TPSA) is 82.3 Å². The van der Waals surface area contributed by atoms with Crippen LogP contribution < -0.4 is 14.7 Å². The number of para-hydroxylation sites is 2. The van der Waals surface area contributed by atoms with E-state index in [0.717, 1.165) is 68.7 Å². The highest BCUT2D eigenvalue weighted by molar-refractivity contribution is 8.19. The van der Waals surface area contributed by atoms with Gasteiger partial charge >= 0.3 is 0 Å². The smallest absolute Gasteiger partial charge is 0.293 e. The molecule has 3 fully saturated rings. The maximum atomic E-state index is 14.0. The van der Waals surface area contributed by atoms with Crippen molar-refractivity contribution in [3.8, 4) is 0 Å². The molecule has 0 spiro atoms. The van der Waals surface area contributed by atoms with Crippen LogP contribution >= 0.6 is 11.8 Å². The van der Waals surface area contributed by atoms with Gasteiger partial charge in [-0.2, -0.15) is 0 Å². The average Bonchev–Trinajstić information content (AvgIpc) is 3.32. The van der Waals surface area contributed by atoms with E-state index < -0.39 is 0 Å². The molecule has 43 heavy (non-hydrogen) atoms. The molecule has 0 bridgehead atoms. The SMILES string of the molecule is C[C@@H]1CCCCN1c1cc(N2CCCC[C@H]2C)c([N+](=O)[O-])cc1/C=C1\SC(=Nc2ccccc2)N(c2ccccc2)C1=O. The molecule has 0 unspecified atom stereocenters. The lowest BCUT2D eigenvalue weighted by molar-refractivity contribution is -0.384. The van der Waals surface area contributed by atoms with Gasteiger partial charge in [-0.3, -0.25) is 19.8 Å². The number of carbonyl (C=O) groups is 1.